The normalized spacial score (nSPS) is 21.7. The number of nitrogens with one attached hydrogen (secondary N) is 1. The van der Waals surface area contributed by atoms with Gasteiger partial charge in [-0.05, 0) is 30.5 Å². The second-order valence-electron chi connectivity index (χ2n) is 8.32. The number of aromatic nitrogens is 2. The Morgan fingerprint density at radius 2 is 1.97 bits per heavy atom. The third kappa shape index (κ3) is 4.21. The van der Waals surface area contributed by atoms with Gasteiger partial charge in [0.2, 0.25) is 5.95 Å². The van der Waals surface area contributed by atoms with Crippen molar-refractivity contribution < 1.29 is 13.2 Å². The molecule has 0 radical (unpaired) electrons. The highest BCUT2D eigenvalue weighted by Gasteiger charge is 2.42. The quantitative estimate of drug-likeness (QED) is 0.622. The first-order valence-electron chi connectivity index (χ1n) is 10.5. The smallest absolute Gasteiger partial charge is 0.357 e. The number of thiophene rings is 1. The molecular weight excluding hydrogens is 423 g/mol. The zero-order chi connectivity index (χ0) is 21.6. The third-order valence-electron chi connectivity index (χ3n) is 6.21. The van der Waals surface area contributed by atoms with E-state index in [1.54, 1.807) is 13.1 Å². The molecule has 0 aliphatic carbocycles. The number of hydrogen-bond acceptors (Lipinski definition) is 6. The molecule has 3 aromatic rings. The van der Waals surface area contributed by atoms with Gasteiger partial charge in [0.1, 0.15) is 10.6 Å². The van der Waals surface area contributed by atoms with Crippen LogP contribution in [0.2, 0.25) is 0 Å². The van der Waals surface area contributed by atoms with Crippen molar-refractivity contribution in [3.05, 3.63) is 46.8 Å². The summed E-state index contributed by atoms with van der Waals surface area (Å²) in [6.45, 7) is 3.70. The lowest BCUT2D eigenvalue weighted by atomic mass is 10.0. The summed E-state index contributed by atoms with van der Waals surface area (Å²) in [7, 11) is 1.73. The molecular formula is C22H24F3N5S. The van der Waals surface area contributed by atoms with Gasteiger partial charge in [-0.25, -0.2) is 4.98 Å². The van der Waals surface area contributed by atoms with Crippen LogP contribution in [0.25, 0.3) is 10.2 Å². The number of halogens is 3. The first kappa shape index (κ1) is 20.5. The van der Waals surface area contributed by atoms with E-state index < -0.39 is 12.6 Å². The average molecular weight is 448 g/mol. The Hall–Kier alpha value is -2.39. The number of nitrogens with zero attached hydrogens (tertiary/aromatic N) is 4. The minimum absolute atomic E-state index is 0.274. The molecule has 5 nitrogen and oxygen atoms in total. The molecule has 2 aromatic heterocycles. The summed E-state index contributed by atoms with van der Waals surface area (Å²) in [5.41, 5.74) is 1.30. The number of rotatable bonds is 5. The van der Waals surface area contributed by atoms with Crippen LogP contribution in [0.1, 0.15) is 16.9 Å². The van der Waals surface area contributed by atoms with Crippen LogP contribution in [-0.2, 0) is 13.0 Å². The van der Waals surface area contributed by atoms with Gasteiger partial charge in [-0.15, -0.1) is 11.3 Å². The summed E-state index contributed by atoms with van der Waals surface area (Å²) in [5.74, 6) is 1.73. The fourth-order valence-corrected chi connectivity index (χ4v) is 5.88. The molecule has 9 heteroatoms. The van der Waals surface area contributed by atoms with Gasteiger partial charge >= 0.3 is 6.18 Å². The molecule has 2 unspecified atom stereocenters. The molecule has 0 amide bonds. The molecule has 5 rings (SSSR count). The summed E-state index contributed by atoms with van der Waals surface area (Å²) in [6.07, 6.45) is -4.04. The second-order valence-corrected chi connectivity index (χ2v) is 9.44. The fraction of sp³-hybridized carbons (Fsp3) is 0.455. The van der Waals surface area contributed by atoms with Crippen LogP contribution in [0, 0.1) is 5.92 Å². The molecule has 164 valence electrons. The maximum absolute atomic E-state index is 12.9. The van der Waals surface area contributed by atoms with E-state index in [1.807, 2.05) is 6.07 Å². The van der Waals surface area contributed by atoms with E-state index in [4.69, 9.17) is 0 Å². The third-order valence-corrected chi connectivity index (χ3v) is 7.24. The summed E-state index contributed by atoms with van der Waals surface area (Å²) in [4.78, 5) is 14.7. The van der Waals surface area contributed by atoms with Gasteiger partial charge < -0.3 is 10.2 Å². The number of hydrogen-bond donors (Lipinski definition) is 1. The molecule has 0 saturated carbocycles. The monoisotopic (exact) mass is 447 g/mol. The minimum Gasteiger partial charge on any atom is -0.357 e. The Bertz CT molecular complexity index is 1070. The molecule has 2 aliphatic heterocycles. The van der Waals surface area contributed by atoms with Gasteiger partial charge in [0.25, 0.3) is 0 Å². The first-order valence-corrected chi connectivity index (χ1v) is 11.3. The summed E-state index contributed by atoms with van der Waals surface area (Å²) < 4.78 is 38.8. The number of fused-ring (bicyclic) bond motifs is 2. The Balaban J connectivity index is 1.42. The van der Waals surface area contributed by atoms with E-state index >= 15 is 0 Å². The van der Waals surface area contributed by atoms with Crippen molar-refractivity contribution in [3.8, 4) is 0 Å². The second kappa shape index (κ2) is 7.94. The van der Waals surface area contributed by atoms with Gasteiger partial charge in [-0.3, -0.25) is 4.90 Å². The van der Waals surface area contributed by atoms with Gasteiger partial charge in [0.15, 0.2) is 0 Å². The van der Waals surface area contributed by atoms with Crippen LogP contribution in [0.5, 0.6) is 0 Å². The number of likely N-dealkylation sites (tertiary alicyclic amines) is 1. The summed E-state index contributed by atoms with van der Waals surface area (Å²) in [5, 5.41) is 3.68. The average Bonchev–Trinajstić information content (AvgIpc) is 3.41. The molecule has 2 atom stereocenters. The predicted molar refractivity (Wildman–Crippen MR) is 118 cm³/mol. The van der Waals surface area contributed by atoms with Crippen molar-refractivity contribution in [1.29, 1.82) is 0 Å². The standard InChI is InChI=1S/C22H24F3N5S/c1-26-21-27-19(17-9-16(10-22(23,24)25)31-20(17)28-21)30-12-15-7-8-29(18(15)13-30)11-14-5-3-2-4-6-14/h2-6,9,15,18H,7-8,10-13H2,1H3,(H,26,27,28). The van der Waals surface area contributed by atoms with Crippen LogP contribution in [0.15, 0.2) is 36.4 Å². The van der Waals surface area contributed by atoms with E-state index in [-0.39, 0.29) is 4.88 Å². The fourth-order valence-electron chi connectivity index (χ4n) is 4.83. The van der Waals surface area contributed by atoms with Crippen molar-refractivity contribution in [3.63, 3.8) is 0 Å². The number of alkyl halides is 3. The SMILES string of the molecule is CNc1nc(N2CC3CCN(Cc4ccccc4)C3C2)c2cc(CC(F)(F)F)sc2n1. The molecule has 1 aromatic carbocycles. The number of benzene rings is 1. The van der Waals surface area contributed by atoms with E-state index in [0.29, 0.717) is 22.7 Å². The molecule has 1 N–H and O–H groups in total. The van der Waals surface area contributed by atoms with Crippen molar-refractivity contribution in [2.75, 3.05) is 36.9 Å². The van der Waals surface area contributed by atoms with E-state index in [9.17, 15) is 13.2 Å². The van der Waals surface area contributed by atoms with Crippen LogP contribution in [0.4, 0.5) is 24.9 Å². The molecule has 0 bridgehead atoms. The highest BCUT2D eigenvalue weighted by molar-refractivity contribution is 7.18. The number of anilines is 2. The van der Waals surface area contributed by atoms with Crippen molar-refractivity contribution in [2.45, 2.75) is 31.6 Å². The topological polar surface area (TPSA) is 44.3 Å². The lowest BCUT2D eigenvalue weighted by Gasteiger charge is -2.25. The minimum atomic E-state index is -4.23. The Morgan fingerprint density at radius 1 is 1.16 bits per heavy atom. The summed E-state index contributed by atoms with van der Waals surface area (Å²) >= 11 is 1.10. The van der Waals surface area contributed by atoms with Crippen molar-refractivity contribution >= 4 is 33.3 Å². The Kier molecular flexibility index (Phi) is 5.26. The predicted octanol–water partition coefficient (Wildman–Crippen LogP) is 4.55. The molecule has 2 fully saturated rings. The zero-order valence-corrected chi connectivity index (χ0v) is 18.0. The molecule has 2 aliphatic rings. The van der Waals surface area contributed by atoms with Crippen LogP contribution in [-0.4, -0.2) is 53.8 Å². The van der Waals surface area contributed by atoms with E-state index in [0.717, 1.165) is 55.1 Å². The van der Waals surface area contributed by atoms with Gasteiger partial charge in [-0.2, -0.15) is 18.2 Å². The highest BCUT2D eigenvalue weighted by Crippen LogP contribution is 2.39. The van der Waals surface area contributed by atoms with Crippen LogP contribution >= 0.6 is 11.3 Å². The lowest BCUT2D eigenvalue weighted by molar-refractivity contribution is -0.126. The molecule has 31 heavy (non-hydrogen) atoms. The Labute approximate surface area is 182 Å². The largest absolute Gasteiger partial charge is 0.393 e. The van der Waals surface area contributed by atoms with Crippen molar-refractivity contribution in [2.24, 2.45) is 5.92 Å². The van der Waals surface area contributed by atoms with Crippen LogP contribution in [0.3, 0.4) is 0 Å². The zero-order valence-electron chi connectivity index (χ0n) is 17.2. The molecule has 4 heterocycles. The van der Waals surface area contributed by atoms with Crippen LogP contribution < -0.4 is 10.2 Å². The van der Waals surface area contributed by atoms with Gasteiger partial charge in [0.05, 0.1) is 11.8 Å². The molecule has 0 spiro atoms. The van der Waals surface area contributed by atoms with E-state index in [2.05, 4.69) is 49.4 Å². The van der Waals surface area contributed by atoms with Gasteiger partial charge in [-0.1, -0.05) is 30.3 Å². The first-order chi connectivity index (χ1) is 14.9. The van der Waals surface area contributed by atoms with Crippen molar-refractivity contribution in [1.82, 2.24) is 14.9 Å². The van der Waals surface area contributed by atoms with Gasteiger partial charge in [0, 0.05) is 37.6 Å². The maximum Gasteiger partial charge on any atom is 0.393 e. The lowest BCUT2D eigenvalue weighted by Crippen LogP contribution is -2.35. The summed E-state index contributed by atoms with van der Waals surface area (Å²) in [6, 6.07) is 12.5. The van der Waals surface area contributed by atoms with E-state index in [1.165, 1.54) is 5.56 Å². The highest BCUT2D eigenvalue weighted by atomic mass is 32.1. The Morgan fingerprint density at radius 3 is 2.71 bits per heavy atom. The molecule has 2 saturated heterocycles. The maximum atomic E-state index is 12.9.